The number of carboxylic acid groups (broad SMARTS) is 1. The molecule has 9 heteroatoms. The number of amides is 3. The van der Waals surface area contributed by atoms with Gasteiger partial charge in [0.2, 0.25) is 11.8 Å². The number of aliphatic carboxylic acids is 1. The molecule has 9 nitrogen and oxygen atoms in total. The zero-order valence-electron chi connectivity index (χ0n) is 17.6. The van der Waals surface area contributed by atoms with Crippen molar-refractivity contribution in [1.82, 2.24) is 10.2 Å². The Morgan fingerprint density at radius 2 is 1.72 bits per heavy atom. The van der Waals surface area contributed by atoms with Crippen LogP contribution in [-0.2, 0) is 23.9 Å². The third-order valence-electron chi connectivity index (χ3n) is 6.63. The molecule has 162 valence electrons. The predicted molar refractivity (Wildman–Crippen MR) is 101 cm³/mol. The van der Waals surface area contributed by atoms with Gasteiger partial charge in [0.1, 0.15) is 11.6 Å². The van der Waals surface area contributed by atoms with Crippen molar-refractivity contribution in [2.45, 2.75) is 84.2 Å². The van der Waals surface area contributed by atoms with Crippen LogP contribution in [0.5, 0.6) is 0 Å². The minimum atomic E-state index is -1.27. The van der Waals surface area contributed by atoms with Crippen LogP contribution in [0.15, 0.2) is 0 Å². The van der Waals surface area contributed by atoms with Crippen LogP contribution in [0.25, 0.3) is 0 Å². The average Bonchev–Trinajstić information content (AvgIpc) is 3.21. The number of likely N-dealkylation sites (tertiary alicyclic amines) is 1. The fraction of sp³-hybridized carbons (Fsp3) is 0.800. The van der Waals surface area contributed by atoms with Crippen molar-refractivity contribution in [3.05, 3.63) is 0 Å². The maximum atomic E-state index is 13.2. The van der Waals surface area contributed by atoms with E-state index in [1.807, 2.05) is 0 Å². The zero-order chi connectivity index (χ0) is 21.8. The Bertz CT molecular complexity index is 712. The monoisotopic (exact) mass is 410 g/mol. The molecule has 3 amide bonds. The summed E-state index contributed by atoms with van der Waals surface area (Å²) in [5.74, 6) is -2.17. The van der Waals surface area contributed by atoms with E-state index in [0.29, 0.717) is 12.8 Å². The van der Waals surface area contributed by atoms with Gasteiger partial charge in [0, 0.05) is 6.54 Å². The van der Waals surface area contributed by atoms with Gasteiger partial charge in [-0.25, -0.2) is 9.59 Å². The summed E-state index contributed by atoms with van der Waals surface area (Å²) in [6.45, 7) is 8.85. The third kappa shape index (κ3) is 3.19. The molecule has 3 fully saturated rings. The Kier molecular flexibility index (Phi) is 5.18. The average molecular weight is 410 g/mol. The highest BCUT2D eigenvalue weighted by molar-refractivity contribution is 6.12. The molecule has 0 radical (unpaired) electrons. The van der Waals surface area contributed by atoms with Crippen LogP contribution in [0.3, 0.4) is 0 Å². The Morgan fingerprint density at radius 1 is 1.21 bits per heavy atom. The van der Waals surface area contributed by atoms with Gasteiger partial charge in [0.15, 0.2) is 0 Å². The molecule has 0 spiro atoms. The summed E-state index contributed by atoms with van der Waals surface area (Å²) in [7, 11) is 0. The smallest absolute Gasteiger partial charge is 0.407 e. The summed E-state index contributed by atoms with van der Waals surface area (Å²) in [4.78, 5) is 51.0. The summed E-state index contributed by atoms with van der Waals surface area (Å²) >= 11 is 0. The van der Waals surface area contributed by atoms with Crippen molar-refractivity contribution in [3.8, 4) is 0 Å². The number of carbonyl (C=O) groups excluding carboxylic acids is 3. The zero-order valence-corrected chi connectivity index (χ0v) is 17.6. The van der Waals surface area contributed by atoms with Crippen molar-refractivity contribution >= 4 is 23.9 Å². The number of carbonyl (C=O) groups is 4. The van der Waals surface area contributed by atoms with Gasteiger partial charge in [0.25, 0.3) is 0 Å². The summed E-state index contributed by atoms with van der Waals surface area (Å²) < 4.78 is 11.0. The molecule has 0 aromatic heterocycles. The number of nitrogens with one attached hydrogen (secondary N) is 1. The molecular formula is C20H30N2O7. The first kappa shape index (κ1) is 21.5. The molecule has 2 bridgehead atoms. The lowest BCUT2D eigenvalue weighted by Crippen LogP contribution is -2.48. The van der Waals surface area contributed by atoms with Crippen LogP contribution in [0.2, 0.25) is 0 Å². The predicted octanol–water partition coefficient (Wildman–Crippen LogP) is 1.69. The molecule has 5 atom stereocenters. The number of fused-ring (bicyclic) bond motifs is 5. The van der Waals surface area contributed by atoms with Gasteiger partial charge >= 0.3 is 12.1 Å². The first-order valence-electron chi connectivity index (χ1n) is 10.1. The number of carboxylic acids is 1. The molecule has 3 rings (SSSR count). The minimum absolute atomic E-state index is 0.0466. The molecule has 3 saturated heterocycles. The van der Waals surface area contributed by atoms with Gasteiger partial charge in [-0.2, -0.15) is 0 Å². The van der Waals surface area contributed by atoms with E-state index < -0.39 is 46.3 Å². The highest BCUT2D eigenvalue weighted by Crippen LogP contribution is 2.64. The summed E-state index contributed by atoms with van der Waals surface area (Å²) in [5, 5.41) is 12.3. The molecule has 0 aliphatic carbocycles. The van der Waals surface area contributed by atoms with Crippen molar-refractivity contribution in [3.63, 3.8) is 0 Å². The highest BCUT2D eigenvalue weighted by Gasteiger charge is 2.77. The Hall–Kier alpha value is -2.16. The number of imide groups is 1. The lowest BCUT2D eigenvalue weighted by atomic mass is 9.59. The molecule has 2 N–H and O–H groups in total. The Balaban J connectivity index is 1.68. The van der Waals surface area contributed by atoms with E-state index in [-0.39, 0.29) is 31.6 Å². The molecule has 29 heavy (non-hydrogen) atoms. The molecule has 3 aliphatic rings. The van der Waals surface area contributed by atoms with Crippen LogP contribution in [0.1, 0.15) is 60.3 Å². The lowest BCUT2D eigenvalue weighted by molar-refractivity contribution is -0.158. The van der Waals surface area contributed by atoms with E-state index >= 15 is 0 Å². The van der Waals surface area contributed by atoms with E-state index in [2.05, 4.69) is 5.32 Å². The number of nitrogens with zero attached hydrogens (tertiary/aromatic N) is 1. The second-order valence-electron chi connectivity index (χ2n) is 9.50. The fourth-order valence-electron chi connectivity index (χ4n) is 4.91. The topological polar surface area (TPSA) is 122 Å². The molecule has 0 saturated carbocycles. The maximum absolute atomic E-state index is 13.2. The summed E-state index contributed by atoms with van der Waals surface area (Å²) in [6, 6.07) is -1.27. The van der Waals surface area contributed by atoms with Crippen molar-refractivity contribution in [1.29, 1.82) is 0 Å². The van der Waals surface area contributed by atoms with Crippen LogP contribution < -0.4 is 5.32 Å². The van der Waals surface area contributed by atoms with Gasteiger partial charge in [-0.15, -0.1) is 0 Å². The Morgan fingerprint density at radius 3 is 2.17 bits per heavy atom. The summed E-state index contributed by atoms with van der Waals surface area (Å²) in [6.07, 6.45) is 0.405. The maximum Gasteiger partial charge on any atom is 0.407 e. The van der Waals surface area contributed by atoms with Crippen molar-refractivity contribution in [2.75, 3.05) is 6.54 Å². The second-order valence-corrected chi connectivity index (χ2v) is 9.50. The molecule has 0 aromatic carbocycles. The first-order chi connectivity index (χ1) is 13.3. The minimum Gasteiger partial charge on any atom is -0.480 e. The molecule has 3 heterocycles. The number of ether oxygens (including phenoxy) is 2. The van der Waals surface area contributed by atoms with Crippen molar-refractivity contribution < 1.29 is 33.8 Å². The van der Waals surface area contributed by atoms with Crippen LogP contribution in [-0.4, -0.2) is 64.3 Å². The quantitative estimate of drug-likeness (QED) is 0.505. The number of rotatable bonds is 6. The van der Waals surface area contributed by atoms with E-state index in [1.54, 1.807) is 34.6 Å². The molecule has 0 unspecified atom stereocenters. The third-order valence-corrected chi connectivity index (χ3v) is 6.63. The van der Waals surface area contributed by atoms with Crippen LogP contribution >= 0.6 is 0 Å². The van der Waals surface area contributed by atoms with Crippen LogP contribution in [0, 0.1) is 10.8 Å². The van der Waals surface area contributed by atoms with Gasteiger partial charge in [-0.1, -0.05) is 0 Å². The van der Waals surface area contributed by atoms with E-state index in [0.717, 1.165) is 4.90 Å². The van der Waals surface area contributed by atoms with Gasteiger partial charge in [-0.3, -0.25) is 14.5 Å². The molecule has 3 aliphatic heterocycles. The highest BCUT2D eigenvalue weighted by atomic mass is 16.6. The molecule has 0 aromatic rings. The summed E-state index contributed by atoms with van der Waals surface area (Å²) in [5.41, 5.74) is -2.70. The second kappa shape index (κ2) is 6.97. The van der Waals surface area contributed by atoms with Gasteiger partial charge < -0.3 is 19.9 Å². The van der Waals surface area contributed by atoms with Crippen molar-refractivity contribution in [2.24, 2.45) is 10.8 Å². The largest absolute Gasteiger partial charge is 0.480 e. The Labute approximate surface area is 170 Å². The van der Waals surface area contributed by atoms with Gasteiger partial charge in [0.05, 0.1) is 23.0 Å². The van der Waals surface area contributed by atoms with E-state index in [1.165, 1.54) is 0 Å². The number of hydrogen-bond acceptors (Lipinski definition) is 6. The SMILES string of the molecule is CC(C)(C)OC(=O)NCCC[C@@H](C(=O)O)N1C(=O)[C@@]2(C)[C@@H]3CC[C@@H](O3)[C@@]2(C)C1=O. The van der Waals surface area contributed by atoms with Gasteiger partial charge in [-0.05, 0) is 60.3 Å². The molecular weight excluding hydrogens is 380 g/mol. The lowest BCUT2D eigenvalue weighted by Gasteiger charge is -2.36. The number of hydrogen-bond donors (Lipinski definition) is 2. The normalized spacial score (nSPS) is 34.3. The fourth-order valence-corrected chi connectivity index (χ4v) is 4.91. The number of alkyl carbamates (subject to hydrolysis) is 1. The first-order valence-corrected chi connectivity index (χ1v) is 10.1. The standard InChI is InChI=1S/C20H30N2O7/c1-18(2,3)29-17(27)21-10-6-7-11(14(23)24)22-15(25)19(4)12-8-9-13(28-12)20(19,5)16(22)26/h11-13H,6-10H2,1-5H3,(H,21,27)(H,23,24)/t11-,12-,13+,19+,20-/m0/s1. The van der Waals surface area contributed by atoms with E-state index in [9.17, 15) is 24.3 Å². The van der Waals surface area contributed by atoms with E-state index in [4.69, 9.17) is 9.47 Å². The van der Waals surface area contributed by atoms with Crippen LogP contribution in [0.4, 0.5) is 4.79 Å².